The molecule has 0 aliphatic rings. The number of hydrogen-bond donors (Lipinski definition) is 1. The number of fused-ring (bicyclic) bond motifs is 1. The summed E-state index contributed by atoms with van der Waals surface area (Å²) in [5, 5.41) is 8.11. The molecule has 3 aromatic heterocycles. The van der Waals surface area contributed by atoms with Gasteiger partial charge < -0.3 is 5.73 Å². The van der Waals surface area contributed by atoms with Crippen LogP contribution in [0.4, 0.5) is 10.2 Å². The highest BCUT2D eigenvalue weighted by Gasteiger charge is 2.20. The molecule has 3 heterocycles. The van der Waals surface area contributed by atoms with Crippen LogP contribution in [0.15, 0.2) is 6.07 Å². The number of nitrogens with two attached hydrogens (primary N) is 1. The van der Waals surface area contributed by atoms with E-state index in [0.29, 0.717) is 11.4 Å². The first kappa shape index (κ1) is 13.5. The minimum absolute atomic E-state index is 0.140. The highest BCUT2D eigenvalue weighted by atomic mass is 19.1. The molecule has 0 saturated heterocycles. The van der Waals surface area contributed by atoms with Crippen LogP contribution < -0.4 is 5.73 Å². The van der Waals surface area contributed by atoms with Crippen LogP contribution in [-0.2, 0) is 0 Å². The lowest BCUT2D eigenvalue weighted by Gasteiger charge is -2.14. The Morgan fingerprint density at radius 2 is 1.90 bits per heavy atom. The lowest BCUT2D eigenvalue weighted by atomic mass is 10.1. The van der Waals surface area contributed by atoms with Crippen LogP contribution in [0.3, 0.4) is 0 Å². The Hall–Kier alpha value is -2.51. The third kappa shape index (κ3) is 2.03. The van der Waals surface area contributed by atoms with Crippen LogP contribution in [0.1, 0.15) is 36.8 Å². The second kappa shape index (κ2) is 4.51. The monoisotopic (exact) mass is 289 g/mol. The van der Waals surface area contributed by atoms with Gasteiger partial charge >= 0.3 is 6.08 Å². The third-order valence-corrected chi connectivity index (χ3v) is 3.31. The number of anilines is 1. The maximum absolute atomic E-state index is 13.2. The van der Waals surface area contributed by atoms with Gasteiger partial charge in [-0.15, -0.1) is 5.10 Å². The molecular weight excluding hydrogens is 273 g/mol. The smallest absolute Gasteiger partial charge is 0.329 e. The van der Waals surface area contributed by atoms with Gasteiger partial charge in [0.25, 0.3) is 5.78 Å². The van der Waals surface area contributed by atoms with E-state index in [2.05, 4.69) is 34.0 Å². The molecule has 3 rings (SSSR count). The predicted molar refractivity (Wildman–Crippen MR) is 75.8 cm³/mol. The van der Waals surface area contributed by atoms with E-state index in [1.165, 1.54) is 4.52 Å². The molecule has 110 valence electrons. The number of halogens is 1. The average Bonchev–Trinajstić information content (AvgIpc) is 2.92. The van der Waals surface area contributed by atoms with Gasteiger partial charge in [-0.05, 0) is 25.8 Å². The van der Waals surface area contributed by atoms with E-state index in [0.717, 1.165) is 11.4 Å². The maximum Gasteiger partial charge on any atom is 0.329 e. The molecule has 0 aliphatic heterocycles. The van der Waals surface area contributed by atoms with Gasteiger partial charge in [-0.3, -0.25) is 0 Å². The van der Waals surface area contributed by atoms with Gasteiger partial charge in [0.15, 0.2) is 5.82 Å². The van der Waals surface area contributed by atoms with Gasteiger partial charge in [0.1, 0.15) is 5.69 Å². The third-order valence-electron chi connectivity index (χ3n) is 3.31. The zero-order valence-corrected chi connectivity index (χ0v) is 12.3. The molecule has 0 amide bonds. The Bertz CT molecular complexity index is 831. The molecule has 0 atom stereocenters. The number of aryl methyl sites for hydroxylation is 2. The molecule has 0 saturated carbocycles. The standard InChI is InChI=1S/C13H16FN7/c1-6(2)9-5-7(3)18-20(9)10-8(4)16-13-17-12(14)19-21(13)11(10)15/h5-6H,15H2,1-4H3. The number of nitrogens with zero attached hydrogens (tertiary/aromatic N) is 6. The Kier molecular flexibility index (Phi) is 2.89. The largest absolute Gasteiger partial charge is 0.382 e. The Morgan fingerprint density at radius 3 is 2.57 bits per heavy atom. The first-order valence-electron chi connectivity index (χ1n) is 6.63. The summed E-state index contributed by atoms with van der Waals surface area (Å²) < 4.78 is 16.2. The second-order valence-electron chi connectivity index (χ2n) is 5.30. The lowest BCUT2D eigenvalue weighted by molar-refractivity contribution is 0.540. The van der Waals surface area contributed by atoms with Crippen LogP contribution in [0, 0.1) is 19.9 Å². The summed E-state index contributed by atoms with van der Waals surface area (Å²) in [7, 11) is 0. The molecule has 0 aliphatic carbocycles. The fraction of sp³-hybridized carbons (Fsp3) is 0.385. The fourth-order valence-electron chi connectivity index (χ4n) is 2.37. The van der Waals surface area contributed by atoms with Crippen molar-refractivity contribution in [3.63, 3.8) is 0 Å². The van der Waals surface area contributed by atoms with Crippen molar-refractivity contribution in [2.45, 2.75) is 33.6 Å². The van der Waals surface area contributed by atoms with Crippen LogP contribution in [0.25, 0.3) is 11.5 Å². The summed E-state index contributed by atoms with van der Waals surface area (Å²) in [6, 6.07) is 2.00. The molecular formula is C13H16FN7. The van der Waals surface area contributed by atoms with Gasteiger partial charge in [0.2, 0.25) is 0 Å². The van der Waals surface area contributed by atoms with Gasteiger partial charge in [-0.2, -0.15) is 19.0 Å². The van der Waals surface area contributed by atoms with Crippen molar-refractivity contribution < 1.29 is 4.39 Å². The number of rotatable bonds is 2. The Balaban J connectivity index is 2.34. The van der Waals surface area contributed by atoms with Crippen molar-refractivity contribution in [2.24, 2.45) is 0 Å². The van der Waals surface area contributed by atoms with E-state index in [4.69, 9.17) is 5.73 Å². The topological polar surface area (TPSA) is 86.9 Å². The summed E-state index contributed by atoms with van der Waals surface area (Å²) in [5.41, 5.74) is 9.24. The Morgan fingerprint density at radius 1 is 1.19 bits per heavy atom. The van der Waals surface area contributed by atoms with Crippen LogP contribution in [0.2, 0.25) is 0 Å². The predicted octanol–water partition coefficient (Wildman–Crippen LogP) is 1.77. The van der Waals surface area contributed by atoms with Crippen molar-refractivity contribution in [1.82, 2.24) is 29.4 Å². The highest BCUT2D eigenvalue weighted by Crippen LogP contribution is 2.26. The first-order valence-corrected chi connectivity index (χ1v) is 6.63. The number of aromatic nitrogens is 6. The molecule has 0 bridgehead atoms. The number of hydrogen-bond acceptors (Lipinski definition) is 5. The first-order chi connectivity index (χ1) is 9.88. The minimum atomic E-state index is -0.855. The van der Waals surface area contributed by atoms with Crippen LogP contribution in [-0.4, -0.2) is 29.4 Å². The summed E-state index contributed by atoms with van der Waals surface area (Å²) in [6.07, 6.45) is -0.855. The SMILES string of the molecule is Cc1cc(C(C)C)n(-c2c(C)nc3nc(F)nn3c2N)n1. The molecule has 0 spiro atoms. The molecule has 21 heavy (non-hydrogen) atoms. The summed E-state index contributed by atoms with van der Waals surface area (Å²) >= 11 is 0. The normalized spacial score (nSPS) is 11.7. The van der Waals surface area contributed by atoms with E-state index >= 15 is 0 Å². The highest BCUT2D eigenvalue weighted by molar-refractivity contribution is 5.59. The summed E-state index contributed by atoms with van der Waals surface area (Å²) in [4.78, 5) is 7.85. The number of nitrogen functional groups attached to an aromatic ring is 1. The van der Waals surface area contributed by atoms with Gasteiger partial charge in [-0.25, -0.2) is 9.67 Å². The van der Waals surface area contributed by atoms with Crippen molar-refractivity contribution in [3.05, 3.63) is 29.2 Å². The van der Waals surface area contributed by atoms with E-state index < -0.39 is 6.08 Å². The van der Waals surface area contributed by atoms with Crippen molar-refractivity contribution in [2.75, 3.05) is 5.73 Å². The summed E-state index contributed by atoms with van der Waals surface area (Å²) in [5.74, 6) is 0.660. The lowest BCUT2D eigenvalue weighted by Crippen LogP contribution is -2.13. The van der Waals surface area contributed by atoms with E-state index in [-0.39, 0.29) is 17.5 Å². The van der Waals surface area contributed by atoms with E-state index in [1.54, 1.807) is 11.6 Å². The molecule has 0 aromatic carbocycles. The fourth-order valence-corrected chi connectivity index (χ4v) is 2.37. The molecule has 2 N–H and O–H groups in total. The van der Waals surface area contributed by atoms with Crippen molar-refractivity contribution in [1.29, 1.82) is 0 Å². The zero-order chi connectivity index (χ0) is 15.3. The van der Waals surface area contributed by atoms with Gasteiger partial charge in [0.05, 0.1) is 11.4 Å². The molecule has 3 aromatic rings. The molecule has 0 unspecified atom stereocenters. The van der Waals surface area contributed by atoms with Crippen molar-refractivity contribution in [3.8, 4) is 5.69 Å². The van der Waals surface area contributed by atoms with Crippen LogP contribution in [0.5, 0.6) is 0 Å². The van der Waals surface area contributed by atoms with E-state index in [1.807, 2.05) is 13.0 Å². The van der Waals surface area contributed by atoms with Crippen molar-refractivity contribution >= 4 is 11.6 Å². The zero-order valence-electron chi connectivity index (χ0n) is 12.3. The molecule has 0 radical (unpaired) electrons. The van der Waals surface area contributed by atoms with Crippen LogP contribution >= 0.6 is 0 Å². The minimum Gasteiger partial charge on any atom is -0.382 e. The van der Waals surface area contributed by atoms with E-state index in [9.17, 15) is 4.39 Å². The molecule has 7 nitrogen and oxygen atoms in total. The summed E-state index contributed by atoms with van der Waals surface area (Å²) in [6.45, 7) is 7.84. The second-order valence-corrected chi connectivity index (χ2v) is 5.30. The average molecular weight is 289 g/mol. The molecule has 8 heteroatoms. The van der Waals surface area contributed by atoms with Gasteiger partial charge in [0, 0.05) is 5.69 Å². The molecule has 0 fully saturated rings. The Labute approximate surface area is 120 Å². The maximum atomic E-state index is 13.2. The quantitative estimate of drug-likeness (QED) is 0.777. The van der Waals surface area contributed by atoms with Gasteiger partial charge in [-0.1, -0.05) is 13.8 Å².